The molecule has 2 atom stereocenters. The van der Waals surface area contributed by atoms with Crippen molar-refractivity contribution in [2.75, 3.05) is 0 Å². The van der Waals surface area contributed by atoms with Crippen LogP contribution in [-0.4, -0.2) is 0 Å². The highest BCUT2D eigenvalue weighted by Gasteiger charge is 2.42. The van der Waals surface area contributed by atoms with Gasteiger partial charge in [0.15, 0.2) is 0 Å². The van der Waals surface area contributed by atoms with E-state index in [2.05, 4.69) is 71.0 Å². The molecule has 0 radical (unpaired) electrons. The van der Waals surface area contributed by atoms with Crippen LogP contribution >= 0.6 is 0 Å². The van der Waals surface area contributed by atoms with Gasteiger partial charge in [-0.05, 0) is 45.1 Å². The molecular weight excluding hydrogens is 228 g/mol. The molecule has 2 aromatic carbocycles. The highest BCUT2D eigenvalue weighted by atomic mass is 14.5. The van der Waals surface area contributed by atoms with E-state index in [-0.39, 0.29) is 0 Å². The lowest BCUT2D eigenvalue weighted by molar-refractivity contribution is 0.254. The van der Waals surface area contributed by atoms with Gasteiger partial charge in [0.2, 0.25) is 0 Å². The van der Waals surface area contributed by atoms with E-state index in [1.807, 2.05) is 0 Å². The number of rotatable bonds is 1. The lowest BCUT2D eigenvalue weighted by atomic mass is 9.68. The van der Waals surface area contributed by atoms with E-state index >= 15 is 0 Å². The van der Waals surface area contributed by atoms with Crippen molar-refractivity contribution >= 4 is 10.8 Å². The highest BCUT2D eigenvalue weighted by molar-refractivity contribution is 5.92. The summed E-state index contributed by atoms with van der Waals surface area (Å²) in [4.78, 5) is 0. The Hall–Kier alpha value is -1.30. The first-order chi connectivity index (χ1) is 8.91. The Bertz CT molecular complexity index is 608. The van der Waals surface area contributed by atoms with Gasteiger partial charge in [0.1, 0.15) is 0 Å². The molecule has 19 heavy (non-hydrogen) atoms. The molecule has 0 spiro atoms. The normalized spacial score (nSPS) is 22.4. The molecule has 2 aromatic rings. The zero-order chi connectivity index (χ0) is 13.8. The number of benzene rings is 2. The first-order valence-corrected chi connectivity index (χ1v) is 7.43. The van der Waals surface area contributed by atoms with Crippen LogP contribution in [0.25, 0.3) is 10.8 Å². The molecule has 0 amide bonds. The van der Waals surface area contributed by atoms with E-state index in [1.165, 1.54) is 10.8 Å². The Morgan fingerprint density at radius 1 is 0.895 bits per heavy atom. The van der Waals surface area contributed by atoms with Gasteiger partial charge in [-0.1, -0.05) is 71.0 Å². The third-order valence-corrected chi connectivity index (χ3v) is 4.67. The summed E-state index contributed by atoms with van der Waals surface area (Å²) in [7, 11) is 0. The van der Waals surface area contributed by atoms with Crippen molar-refractivity contribution in [3.8, 4) is 0 Å². The molecule has 0 aromatic heterocycles. The third-order valence-electron chi connectivity index (χ3n) is 4.67. The summed E-state index contributed by atoms with van der Waals surface area (Å²) in [5, 5.41) is 2.94. The lowest BCUT2D eigenvalue weighted by Gasteiger charge is -2.36. The predicted octanol–water partition coefficient (Wildman–Crippen LogP) is 5.72. The summed E-state index contributed by atoms with van der Waals surface area (Å²) in [6.07, 6.45) is 0. The van der Waals surface area contributed by atoms with E-state index < -0.39 is 0 Å². The van der Waals surface area contributed by atoms with Crippen molar-refractivity contribution in [3.63, 3.8) is 0 Å². The van der Waals surface area contributed by atoms with Crippen LogP contribution in [0.1, 0.15) is 57.6 Å². The molecule has 0 bridgehead atoms. The van der Waals surface area contributed by atoms with Gasteiger partial charge in [-0.2, -0.15) is 0 Å². The molecule has 1 aliphatic rings. The van der Waals surface area contributed by atoms with Gasteiger partial charge in [-0.25, -0.2) is 0 Å². The summed E-state index contributed by atoms with van der Waals surface area (Å²) in [6.45, 7) is 11.9. The lowest BCUT2D eigenvalue weighted by Crippen LogP contribution is -2.24. The largest absolute Gasteiger partial charge is 0.0622 e. The zero-order valence-corrected chi connectivity index (χ0v) is 12.7. The SMILES string of the molecule is CC(C)C1c2cccc3cccc(c23)C1C(C)(C)C. The molecule has 2 unspecified atom stereocenters. The van der Waals surface area contributed by atoms with Gasteiger partial charge >= 0.3 is 0 Å². The fourth-order valence-corrected chi connectivity index (χ4v) is 4.06. The van der Waals surface area contributed by atoms with Gasteiger partial charge in [0.05, 0.1) is 0 Å². The standard InChI is InChI=1S/C19H24/c1-12(2)16-14-10-6-8-13-9-7-11-15(17(13)14)18(16)19(3,4)5/h6-12,16,18H,1-5H3. The topological polar surface area (TPSA) is 0 Å². The molecule has 0 saturated heterocycles. The fraction of sp³-hybridized carbons (Fsp3) is 0.474. The average molecular weight is 252 g/mol. The van der Waals surface area contributed by atoms with Crippen LogP contribution in [0.4, 0.5) is 0 Å². The maximum atomic E-state index is 2.39. The Labute approximate surface area is 116 Å². The Morgan fingerprint density at radius 2 is 1.47 bits per heavy atom. The quantitative estimate of drug-likeness (QED) is 0.608. The molecule has 3 rings (SSSR count). The smallest absolute Gasteiger partial charge is 0.00355 e. The van der Waals surface area contributed by atoms with Gasteiger partial charge in [-0.3, -0.25) is 0 Å². The first kappa shape index (κ1) is 12.7. The summed E-state index contributed by atoms with van der Waals surface area (Å²) >= 11 is 0. The molecule has 0 aliphatic heterocycles. The van der Waals surface area contributed by atoms with Crippen LogP contribution < -0.4 is 0 Å². The molecule has 0 heteroatoms. The second-order valence-corrected chi connectivity index (χ2v) is 7.41. The van der Waals surface area contributed by atoms with Crippen molar-refractivity contribution in [3.05, 3.63) is 47.5 Å². The van der Waals surface area contributed by atoms with Gasteiger partial charge < -0.3 is 0 Å². The summed E-state index contributed by atoms with van der Waals surface area (Å²) < 4.78 is 0. The van der Waals surface area contributed by atoms with E-state index in [0.29, 0.717) is 23.2 Å². The minimum absolute atomic E-state index is 0.308. The minimum Gasteiger partial charge on any atom is -0.0622 e. The van der Waals surface area contributed by atoms with Crippen molar-refractivity contribution in [1.82, 2.24) is 0 Å². The Morgan fingerprint density at radius 3 is 2.00 bits per heavy atom. The summed E-state index contributed by atoms with van der Waals surface area (Å²) in [5.41, 5.74) is 3.45. The van der Waals surface area contributed by atoms with Crippen LogP contribution in [0.3, 0.4) is 0 Å². The van der Waals surface area contributed by atoms with Crippen LogP contribution in [0.5, 0.6) is 0 Å². The molecule has 1 aliphatic carbocycles. The van der Waals surface area contributed by atoms with Gasteiger partial charge in [0, 0.05) is 0 Å². The number of hydrogen-bond donors (Lipinski definition) is 0. The fourth-order valence-electron chi connectivity index (χ4n) is 4.06. The molecule has 0 fully saturated rings. The van der Waals surface area contributed by atoms with E-state index in [9.17, 15) is 0 Å². The molecule has 0 N–H and O–H groups in total. The number of hydrogen-bond acceptors (Lipinski definition) is 0. The second kappa shape index (κ2) is 4.10. The van der Waals surface area contributed by atoms with Crippen LogP contribution in [0, 0.1) is 11.3 Å². The van der Waals surface area contributed by atoms with Crippen LogP contribution in [0.15, 0.2) is 36.4 Å². The van der Waals surface area contributed by atoms with E-state index in [0.717, 1.165) is 0 Å². The van der Waals surface area contributed by atoms with Crippen molar-refractivity contribution in [2.24, 2.45) is 11.3 Å². The molecule has 0 saturated carbocycles. The first-order valence-electron chi connectivity index (χ1n) is 7.43. The van der Waals surface area contributed by atoms with Crippen molar-refractivity contribution in [2.45, 2.75) is 46.5 Å². The molecule has 0 nitrogen and oxygen atoms in total. The zero-order valence-electron chi connectivity index (χ0n) is 12.7. The average Bonchev–Trinajstić information content (AvgIpc) is 2.67. The van der Waals surface area contributed by atoms with Crippen LogP contribution in [-0.2, 0) is 0 Å². The van der Waals surface area contributed by atoms with Gasteiger partial charge in [-0.15, -0.1) is 0 Å². The van der Waals surface area contributed by atoms with Crippen molar-refractivity contribution < 1.29 is 0 Å². The maximum Gasteiger partial charge on any atom is -0.00355 e. The van der Waals surface area contributed by atoms with Crippen LogP contribution in [0.2, 0.25) is 0 Å². The van der Waals surface area contributed by atoms with Crippen molar-refractivity contribution in [1.29, 1.82) is 0 Å². The summed E-state index contributed by atoms with van der Waals surface area (Å²) in [5.74, 6) is 1.97. The highest BCUT2D eigenvalue weighted by Crippen LogP contribution is 2.56. The molecular formula is C19H24. The Kier molecular flexibility index (Phi) is 2.74. The molecule has 100 valence electrons. The second-order valence-electron chi connectivity index (χ2n) is 7.41. The Balaban J connectivity index is 2.33. The maximum absolute atomic E-state index is 2.39. The third kappa shape index (κ3) is 1.81. The monoisotopic (exact) mass is 252 g/mol. The summed E-state index contributed by atoms with van der Waals surface area (Å²) in [6, 6.07) is 13.7. The predicted molar refractivity (Wildman–Crippen MR) is 83.7 cm³/mol. The van der Waals surface area contributed by atoms with E-state index in [1.54, 1.807) is 11.1 Å². The molecule has 0 heterocycles. The minimum atomic E-state index is 0.308. The van der Waals surface area contributed by atoms with Gasteiger partial charge in [0.25, 0.3) is 0 Å². The van der Waals surface area contributed by atoms with E-state index in [4.69, 9.17) is 0 Å².